The van der Waals surface area contributed by atoms with Gasteiger partial charge in [-0.2, -0.15) is 15.1 Å². The highest BCUT2D eigenvalue weighted by molar-refractivity contribution is 5.94. The monoisotopic (exact) mass is 594 g/mol. The van der Waals surface area contributed by atoms with Gasteiger partial charge >= 0.3 is 5.97 Å². The summed E-state index contributed by atoms with van der Waals surface area (Å²) in [6, 6.07) is 6.66. The Kier molecular flexibility index (Phi) is 8.00. The molecule has 0 bridgehead atoms. The van der Waals surface area contributed by atoms with E-state index in [2.05, 4.69) is 30.7 Å². The quantitative estimate of drug-likeness (QED) is 0.156. The Bertz CT molecular complexity index is 1620. The van der Waals surface area contributed by atoms with Gasteiger partial charge in [0.05, 0.1) is 50.0 Å². The van der Waals surface area contributed by atoms with Gasteiger partial charge < -0.3 is 40.2 Å². The molecule has 2 saturated heterocycles. The number of hydrogen-bond donors (Lipinski definition) is 5. The number of imidazole rings is 1. The minimum Gasteiger partial charge on any atom is -0.465 e. The van der Waals surface area contributed by atoms with Crippen molar-refractivity contribution in [3.05, 3.63) is 59.7 Å². The predicted octanol–water partition coefficient (Wildman–Crippen LogP) is -0.459. The summed E-state index contributed by atoms with van der Waals surface area (Å²) >= 11 is 0. The molecule has 2 aliphatic rings. The largest absolute Gasteiger partial charge is 0.465 e. The number of amides is 1. The van der Waals surface area contributed by atoms with Crippen molar-refractivity contribution >= 4 is 28.9 Å². The maximum atomic E-state index is 12.9. The number of methoxy groups -OCH3 is 1. The van der Waals surface area contributed by atoms with E-state index in [1.165, 1.54) is 35.1 Å². The molecular weight excluding hydrogens is 564 g/mol. The SMILES string of the molecule is COC(=O)c1ccc(CNC(=O)c2cnn(-c3nc(N[C@@H]4CCOC4)c4ncn([C@@H]5O[C@H](CO)[C@@H](O)[C@@H]5O)c4n3)c2)cc1. The van der Waals surface area contributed by atoms with Crippen LogP contribution in [0.4, 0.5) is 5.82 Å². The molecule has 2 fully saturated rings. The van der Waals surface area contributed by atoms with Crippen LogP contribution in [0, 0.1) is 0 Å². The zero-order valence-electron chi connectivity index (χ0n) is 23.0. The second-order valence-corrected chi connectivity index (χ2v) is 10.2. The summed E-state index contributed by atoms with van der Waals surface area (Å²) in [5, 5.41) is 40.9. The first-order chi connectivity index (χ1) is 20.9. The van der Waals surface area contributed by atoms with E-state index < -0.39 is 37.1 Å². The van der Waals surface area contributed by atoms with Crippen molar-refractivity contribution in [1.29, 1.82) is 0 Å². The fourth-order valence-corrected chi connectivity index (χ4v) is 4.96. The van der Waals surface area contributed by atoms with E-state index in [4.69, 9.17) is 14.2 Å². The van der Waals surface area contributed by atoms with Crippen LogP contribution in [0.25, 0.3) is 17.1 Å². The van der Waals surface area contributed by atoms with E-state index in [1.54, 1.807) is 24.3 Å². The summed E-state index contributed by atoms with van der Waals surface area (Å²) in [6.07, 6.45) is 0.335. The van der Waals surface area contributed by atoms with E-state index in [0.717, 1.165) is 12.0 Å². The van der Waals surface area contributed by atoms with Gasteiger partial charge in [-0.25, -0.2) is 14.5 Å². The van der Waals surface area contributed by atoms with E-state index in [-0.39, 0.29) is 35.7 Å². The van der Waals surface area contributed by atoms with E-state index >= 15 is 0 Å². The Hall–Kier alpha value is -4.48. The average molecular weight is 595 g/mol. The number of ether oxygens (including phenoxy) is 3. The minimum absolute atomic E-state index is 0.0225. The lowest BCUT2D eigenvalue weighted by atomic mass is 10.1. The van der Waals surface area contributed by atoms with Crippen LogP contribution >= 0.6 is 0 Å². The number of carbonyl (C=O) groups is 2. The summed E-state index contributed by atoms with van der Waals surface area (Å²) in [5.74, 6) is -0.333. The first-order valence-electron chi connectivity index (χ1n) is 13.6. The number of hydrogen-bond acceptors (Lipinski definition) is 13. The molecule has 6 rings (SSSR count). The smallest absolute Gasteiger partial charge is 0.337 e. The number of aliphatic hydroxyl groups is 3. The summed E-state index contributed by atoms with van der Waals surface area (Å²) in [5.41, 5.74) is 2.11. The summed E-state index contributed by atoms with van der Waals surface area (Å²) < 4.78 is 18.7. The topological polar surface area (TPSA) is 208 Å². The fraction of sp³-hybridized carbons (Fsp3) is 0.407. The number of fused-ring (bicyclic) bond motifs is 1. The van der Waals surface area contributed by atoms with Gasteiger partial charge in [0.25, 0.3) is 11.9 Å². The van der Waals surface area contributed by atoms with Crippen LogP contribution in [0.3, 0.4) is 0 Å². The molecular formula is C27H30N8O8. The Balaban J connectivity index is 1.26. The number of nitrogens with zero attached hydrogens (tertiary/aromatic N) is 6. The molecule has 43 heavy (non-hydrogen) atoms. The molecule has 3 aromatic heterocycles. The van der Waals surface area contributed by atoms with Crippen molar-refractivity contribution in [1.82, 2.24) is 34.6 Å². The lowest BCUT2D eigenvalue weighted by Gasteiger charge is -2.17. The normalized spacial score (nSPS) is 23.5. The minimum atomic E-state index is -1.34. The van der Waals surface area contributed by atoms with Crippen LogP contribution in [0.2, 0.25) is 0 Å². The van der Waals surface area contributed by atoms with Gasteiger partial charge in [0, 0.05) is 19.3 Å². The molecule has 2 aliphatic heterocycles. The number of carbonyl (C=O) groups excluding carboxylic acids is 2. The number of benzene rings is 1. The Morgan fingerprint density at radius 2 is 1.95 bits per heavy atom. The zero-order chi connectivity index (χ0) is 30.1. The predicted molar refractivity (Wildman–Crippen MR) is 147 cm³/mol. The van der Waals surface area contributed by atoms with Crippen molar-refractivity contribution in [2.75, 3.05) is 32.2 Å². The van der Waals surface area contributed by atoms with Gasteiger partial charge in [0.2, 0.25) is 0 Å². The average Bonchev–Trinajstić information content (AvgIpc) is 3.84. The molecule has 1 amide bonds. The zero-order valence-corrected chi connectivity index (χ0v) is 23.0. The molecule has 0 unspecified atom stereocenters. The van der Waals surface area contributed by atoms with Crippen LogP contribution in [-0.4, -0.2) is 108 Å². The lowest BCUT2D eigenvalue weighted by Crippen LogP contribution is -2.33. The number of aromatic nitrogens is 6. The summed E-state index contributed by atoms with van der Waals surface area (Å²) in [4.78, 5) is 38.2. The molecule has 5 N–H and O–H groups in total. The fourth-order valence-electron chi connectivity index (χ4n) is 4.96. The highest BCUT2D eigenvalue weighted by atomic mass is 16.6. The highest BCUT2D eigenvalue weighted by Gasteiger charge is 2.44. The number of esters is 1. The van der Waals surface area contributed by atoms with Gasteiger partial charge in [-0.3, -0.25) is 9.36 Å². The molecule has 0 aliphatic carbocycles. The van der Waals surface area contributed by atoms with E-state index in [1.807, 2.05) is 0 Å². The third kappa shape index (κ3) is 5.65. The van der Waals surface area contributed by atoms with Crippen molar-refractivity contribution in [3.63, 3.8) is 0 Å². The molecule has 4 aromatic rings. The molecule has 0 spiro atoms. The molecule has 5 heterocycles. The lowest BCUT2D eigenvalue weighted by molar-refractivity contribution is -0.0511. The highest BCUT2D eigenvalue weighted by Crippen LogP contribution is 2.33. The molecule has 5 atom stereocenters. The van der Waals surface area contributed by atoms with Gasteiger partial charge in [-0.1, -0.05) is 12.1 Å². The number of rotatable bonds is 9. The number of aliphatic hydroxyl groups excluding tert-OH is 3. The van der Waals surface area contributed by atoms with Crippen molar-refractivity contribution < 1.29 is 39.1 Å². The van der Waals surface area contributed by atoms with Gasteiger partial charge in [-0.05, 0) is 24.1 Å². The second-order valence-electron chi connectivity index (χ2n) is 10.2. The standard InChI is InChI=1S/C27H30N8O8/c1-41-26(40)15-4-2-14(3-5-15)8-28-24(39)16-9-30-35(10-16)27-32-22(31-17-6-7-42-12-17)19-23(33-27)34(13-29-19)25-21(38)20(37)18(11-36)43-25/h2-5,9-10,13,17-18,20-21,25,36-38H,6-8,11-12H2,1H3,(H,28,39)(H,31,32,33)/t17-,18-,20-,21+,25-/m1/s1. The van der Waals surface area contributed by atoms with Gasteiger partial charge in [0.1, 0.15) is 18.3 Å². The number of nitrogens with one attached hydrogen (secondary N) is 2. The molecule has 0 saturated carbocycles. The third-order valence-corrected chi connectivity index (χ3v) is 7.35. The molecule has 16 heteroatoms. The third-order valence-electron chi connectivity index (χ3n) is 7.35. The van der Waals surface area contributed by atoms with Crippen LogP contribution in [0.5, 0.6) is 0 Å². The first kappa shape index (κ1) is 28.6. The van der Waals surface area contributed by atoms with E-state index in [0.29, 0.717) is 30.1 Å². The Labute approximate surface area is 244 Å². The van der Waals surface area contributed by atoms with E-state index in [9.17, 15) is 24.9 Å². The van der Waals surface area contributed by atoms with Gasteiger partial charge in [-0.15, -0.1) is 0 Å². The van der Waals surface area contributed by atoms with Crippen molar-refractivity contribution in [2.45, 2.75) is 43.5 Å². The van der Waals surface area contributed by atoms with Crippen LogP contribution in [0.15, 0.2) is 43.0 Å². The Morgan fingerprint density at radius 1 is 1.14 bits per heavy atom. The van der Waals surface area contributed by atoms with Gasteiger partial charge in [0.15, 0.2) is 23.2 Å². The molecule has 226 valence electrons. The van der Waals surface area contributed by atoms with Crippen molar-refractivity contribution in [3.8, 4) is 5.95 Å². The van der Waals surface area contributed by atoms with Crippen LogP contribution in [-0.2, 0) is 20.8 Å². The van der Waals surface area contributed by atoms with Crippen molar-refractivity contribution in [2.24, 2.45) is 0 Å². The maximum Gasteiger partial charge on any atom is 0.337 e. The summed E-state index contributed by atoms with van der Waals surface area (Å²) in [6.45, 7) is 0.818. The maximum absolute atomic E-state index is 12.9. The first-order valence-corrected chi connectivity index (χ1v) is 13.6. The summed E-state index contributed by atoms with van der Waals surface area (Å²) in [7, 11) is 1.31. The molecule has 1 aromatic carbocycles. The Morgan fingerprint density at radius 3 is 2.65 bits per heavy atom. The number of anilines is 1. The second kappa shape index (κ2) is 12.0. The van der Waals surface area contributed by atoms with Crippen LogP contribution in [0.1, 0.15) is 38.9 Å². The molecule has 16 nitrogen and oxygen atoms in total. The van der Waals surface area contributed by atoms with Crippen LogP contribution < -0.4 is 10.6 Å². The molecule has 0 radical (unpaired) electrons.